The third-order valence-corrected chi connectivity index (χ3v) is 5.47. The van der Waals surface area contributed by atoms with Gasteiger partial charge in [0.1, 0.15) is 0 Å². The molecule has 0 unspecified atom stereocenters. The molecule has 0 radical (unpaired) electrons. The number of hydrogen-bond acceptors (Lipinski definition) is 3. The number of carbonyl (C=O) groups excluding carboxylic acids is 2. The second-order valence-electron chi connectivity index (χ2n) is 7.30. The molecule has 3 rings (SSSR count). The molecule has 2 aliphatic rings. The van der Waals surface area contributed by atoms with Crippen molar-refractivity contribution in [2.45, 2.75) is 64.1 Å². The van der Waals surface area contributed by atoms with Gasteiger partial charge >= 0.3 is 0 Å². The van der Waals surface area contributed by atoms with Crippen LogP contribution in [0, 0.1) is 5.92 Å². The van der Waals surface area contributed by atoms with Crippen molar-refractivity contribution in [2.75, 3.05) is 5.32 Å². The van der Waals surface area contributed by atoms with Gasteiger partial charge in [0.15, 0.2) is 0 Å². The molecular formula is C19H26ClN3O2. The maximum Gasteiger partial charge on any atom is 0.226 e. The first-order chi connectivity index (χ1) is 11.9. The SMILES string of the molecule is CC(=O)Nc1ccc(Cl)c(CN(C(=O)C2CC2)C2CCC(N)CC2)c1. The molecule has 25 heavy (non-hydrogen) atoms. The maximum absolute atomic E-state index is 12.8. The fourth-order valence-electron chi connectivity index (χ4n) is 3.53. The van der Waals surface area contributed by atoms with Gasteiger partial charge in [-0.3, -0.25) is 9.59 Å². The van der Waals surface area contributed by atoms with Crippen molar-refractivity contribution < 1.29 is 9.59 Å². The van der Waals surface area contributed by atoms with Gasteiger partial charge in [-0.25, -0.2) is 0 Å². The molecule has 1 aromatic rings. The van der Waals surface area contributed by atoms with Crippen LogP contribution in [0.25, 0.3) is 0 Å². The Labute approximate surface area is 153 Å². The highest BCUT2D eigenvalue weighted by atomic mass is 35.5. The van der Waals surface area contributed by atoms with E-state index in [1.165, 1.54) is 6.92 Å². The summed E-state index contributed by atoms with van der Waals surface area (Å²) in [6.45, 7) is 1.96. The summed E-state index contributed by atoms with van der Waals surface area (Å²) < 4.78 is 0. The molecule has 2 saturated carbocycles. The topological polar surface area (TPSA) is 75.4 Å². The van der Waals surface area contributed by atoms with Crippen LogP contribution in [0.1, 0.15) is 51.0 Å². The Morgan fingerprint density at radius 2 is 1.88 bits per heavy atom. The quantitative estimate of drug-likeness (QED) is 0.842. The van der Waals surface area contributed by atoms with Crippen molar-refractivity contribution in [3.63, 3.8) is 0 Å². The van der Waals surface area contributed by atoms with Crippen LogP contribution in [0.5, 0.6) is 0 Å². The van der Waals surface area contributed by atoms with Gasteiger partial charge in [0.05, 0.1) is 0 Å². The van der Waals surface area contributed by atoms with Gasteiger partial charge in [0.25, 0.3) is 0 Å². The van der Waals surface area contributed by atoms with Crippen LogP contribution in [0.2, 0.25) is 5.02 Å². The average Bonchev–Trinajstić information content (AvgIpc) is 3.40. The molecule has 5 nitrogen and oxygen atoms in total. The highest BCUT2D eigenvalue weighted by Gasteiger charge is 2.37. The number of halogens is 1. The minimum absolute atomic E-state index is 0.125. The zero-order valence-corrected chi connectivity index (χ0v) is 15.4. The fourth-order valence-corrected chi connectivity index (χ4v) is 3.70. The Hall–Kier alpha value is -1.59. The summed E-state index contributed by atoms with van der Waals surface area (Å²) in [4.78, 5) is 26.1. The first-order valence-corrected chi connectivity index (χ1v) is 9.44. The van der Waals surface area contributed by atoms with E-state index in [4.69, 9.17) is 17.3 Å². The molecule has 2 fully saturated rings. The third-order valence-electron chi connectivity index (χ3n) is 5.10. The van der Waals surface area contributed by atoms with E-state index < -0.39 is 0 Å². The van der Waals surface area contributed by atoms with Gasteiger partial charge in [-0.05, 0) is 62.3 Å². The van der Waals surface area contributed by atoms with Crippen molar-refractivity contribution in [3.05, 3.63) is 28.8 Å². The molecule has 0 heterocycles. The van der Waals surface area contributed by atoms with E-state index in [0.29, 0.717) is 17.3 Å². The van der Waals surface area contributed by atoms with Crippen molar-refractivity contribution in [1.29, 1.82) is 0 Å². The second kappa shape index (κ2) is 7.75. The monoisotopic (exact) mass is 363 g/mol. The Bertz CT molecular complexity index is 652. The molecule has 136 valence electrons. The Balaban J connectivity index is 1.79. The van der Waals surface area contributed by atoms with Crippen molar-refractivity contribution in [1.82, 2.24) is 4.90 Å². The summed E-state index contributed by atoms with van der Waals surface area (Å²) in [7, 11) is 0. The molecule has 0 spiro atoms. The third kappa shape index (κ3) is 4.73. The molecule has 0 saturated heterocycles. The maximum atomic E-state index is 12.8. The van der Waals surface area contributed by atoms with Crippen LogP contribution < -0.4 is 11.1 Å². The molecule has 0 atom stereocenters. The van der Waals surface area contributed by atoms with Crippen molar-refractivity contribution >= 4 is 29.1 Å². The number of carbonyl (C=O) groups is 2. The molecule has 0 aliphatic heterocycles. The predicted octanol–water partition coefficient (Wildman–Crippen LogP) is 3.31. The van der Waals surface area contributed by atoms with Crippen molar-refractivity contribution in [3.8, 4) is 0 Å². The molecule has 3 N–H and O–H groups in total. The minimum Gasteiger partial charge on any atom is -0.335 e. The number of anilines is 1. The van der Waals surface area contributed by atoms with Gasteiger partial charge in [-0.1, -0.05) is 11.6 Å². The van der Waals surface area contributed by atoms with Gasteiger partial charge in [-0.15, -0.1) is 0 Å². The minimum atomic E-state index is -0.125. The number of benzene rings is 1. The zero-order valence-electron chi connectivity index (χ0n) is 14.6. The van der Waals surface area contributed by atoms with Crippen LogP contribution in [-0.2, 0) is 16.1 Å². The number of rotatable bonds is 5. The molecule has 1 aromatic carbocycles. The van der Waals surface area contributed by atoms with Gasteiger partial charge in [-0.2, -0.15) is 0 Å². The average molecular weight is 364 g/mol. The summed E-state index contributed by atoms with van der Waals surface area (Å²) in [6.07, 6.45) is 5.78. The largest absolute Gasteiger partial charge is 0.335 e. The predicted molar refractivity (Wildman–Crippen MR) is 99.3 cm³/mol. The molecular weight excluding hydrogens is 338 g/mol. The van der Waals surface area contributed by atoms with Crippen molar-refractivity contribution in [2.24, 2.45) is 11.7 Å². The second-order valence-corrected chi connectivity index (χ2v) is 7.70. The lowest BCUT2D eigenvalue weighted by Gasteiger charge is -2.36. The van der Waals surface area contributed by atoms with E-state index in [9.17, 15) is 9.59 Å². The van der Waals surface area contributed by atoms with E-state index in [1.807, 2.05) is 11.0 Å². The van der Waals surface area contributed by atoms with Gasteiger partial charge < -0.3 is 16.0 Å². The molecule has 6 heteroatoms. The molecule has 0 bridgehead atoms. The zero-order chi connectivity index (χ0) is 18.0. The summed E-state index contributed by atoms with van der Waals surface area (Å²) in [5.74, 6) is 0.287. The number of nitrogens with one attached hydrogen (secondary N) is 1. The fraction of sp³-hybridized carbons (Fsp3) is 0.579. The first-order valence-electron chi connectivity index (χ1n) is 9.06. The first kappa shape index (κ1) is 18.2. The van der Waals surface area contributed by atoms with E-state index >= 15 is 0 Å². The Morgan fingerprint density at radius 3 is 2.48 bits per heavy atom. The number of nitrogens with two attached hydrogens (primary N) is 1. The lowest BCUT2D eigenvalue weighted by Crippen LogP contribution is -2.44. The van der Waals surface area contributed by atoms with Crippen LogP contribution in [-0.4, -0.2) is 28.8 Å². The van der Waals surface area contributed by atoms with Crippen LogP contribution >= 0.6 is 11.6 Å². The van der Waals surface area contributed by atoms with Crippen LogP contribution in [0.4, 0.5) is 5.69 Å². The summed E-state index contributed by atoms with van der Waals surface area (Å²) >= 11 is 6.37. The highest BCUT2D eigenvalue weighted by Crippen LogP contribution is 2.35. The smallest absolute Gasteiger partial charge is 0.226 e. The van der Waals surface area contributed by atoms with E-state index in [1.54, 1.807) is 12.1 Å². The highest BCUT2D eigenvalue weighted by molar-refractivity contribution is 6.31. The van der Waals surface area contributed by atoms with Gasteiger partial charge in [0, 0.05) is 42.2 Å². The van der Waals surface area contributed by atoms with Gasteiger partial charge in [0.2, 0.25) is 11.8 Å². The standard InChI is InChI=1S/C19H26ClN3O2/c1-12(24)22-16-6-9-18(20)14(10-16)11-23(19(25)13-2-3-13)17-7-4-15(21)5-8-17/h6,9-10,13,15,17H,2-5,7-8,11,21H2,1H3,(H,22,24). The summed E-state index contributed by atoms with van der Waals surface area (Å²) in [5, 5.41) is 3.40. The molecule has 2 aliphatic carbocycles. The summed E-state index contributed by atoms with van der Waals surface area (Å²) in [5.41, 5.74) is 7.60. The Morgan fingerprint density at radius 1 is 1.20 bits per heavy atom. The molecule has 2 amide bonds. The number of amides is 2. The number of nitrogens with zero attached hydrogens (tertiary/aromatic N) is 1. The van der Waals surface area contributed by atoms with Crippen LogP contribution in [0.3, 0.4) is 0 Å². The number of hydrogen-bond donors (Lipinski definition) is 2. The molecule has 0 aromatic heterocycles. The summed E-state index contributed by atoms with van der Waals surface area (Å²) in [6, 6.07) is 5.90. The lowest BCUT2D eigenvalue weighted by molar-refractivity contribution is -0.136. The van der Waals surface area contributed by atoms with Crippen LogP contribution in [0.15, 0.2) is 18.2 Å². The van der Waals surface area contributed by atoms with E-state index in [2.05, 4.69) is 5.32 Å². The van der Waals surface area contributed by atoms with E-state index in [0.717, 1.165) is 44.1 Å². The Kier molecular flexibility index (Phi) is 5.64. The lowest BCUT2D eigenvalue weighted by atomic mass is 9.90. The normalized spacial score (nSPS) is 23.2. The van der Waals surface area contributed by atoms with E-state index in [-0.39, 0.29) is 29.8 Å².